The van der Waals surface area contributed by atoms with Gasteiger partial charge in [-0.25, -0.2) is 0 Å². The number of nitrogens with zero attached hydrogens (tertiary/aromatic N) is 2. The molecule has 3 rings (SSSR count). The van der Waals surface area contributed by atoms with Gasteiger partial charge in [0.25, 0.3) is 0 Å². The Kier molecular flexibility index (Phi) is 1.99. The average molecular weight is 202 g/mol. The predicted molar refractivity (Wildman–Crippen MR) is 58.8 cm³/mol. The number of hydrogen-bond donors (Lipinski definition) is 0. The summed E-state index contributed by atoms with van der Waals surface area (Å²) in [5, 5.41) is 4.21. The lowest BCUT2D eigenvalue weighted by Gasteiger charge is -2.08. The maximum absolute atomic E-state index is 5.46. The van der Waals surface area contributed by atoms with Crippen LogP contribution < -0.4 is 0 Å². The Balaban J connectivity index is 1.90. The quantitative estimate of drug-likeness (QED) is 0.686. The molecule has 15 heavy (non-hydrogen) atoms. The van der Waals surface area contributed by atoms with Crippen molar-refractivity contribution >= 4 is 5.71 Å². The molecule has 2 unspecified atom stereocenters. The molecular formula is C12H14N2O. The van der Waals surface area contributed by atoms with E-state index in [9.17, 15) is 0 Å². The van der Waals surface area contributed by atoms with E-state index in [4.69, 9.17) is 4.84 Å². The third kappa shape index (κ3) is 1.43. The molecule has 2 heterocycles. The predicted octanol–water partition coefficient (Wildman–Crippen LogP) is 1.35. The number of likely N-dealkylation sites (N-methyl/N-ethyl adjacent to an activating group) is 1. The van der Waals surface area contributed by atoms with Crippen molar-refractivity contribution in [3.8, 4) is 0 Å². The van der Waals surface area contributed by atoms with E-state index >= 15 is 0 Å². The number of rotatable bonds is 1. The fourth-order valence-corrected chi connectivity index (χ4v) is 2.40. The second-order valence-corrected chi connectivity index (χ2v) is 4.31. The number of benzene rings is 1. The molecule has 2 aliphatic rings. The van der Waals surface area contributed by atoms with Crippen molar-refractivity contribution in [3.63, 3.8) is 0 Å². The molecule has 0 aliphatic carbocycles. The zero-order chi connectivity index (χ0) is 10.3. The minimum Gasteiger partial charge on any atom is -0.390 e. The second-order valence-electron chi connectivity index (χ2n) is 4.31. The average Bonchev–Trinajstić information content (AvgIpc) is 2.77. The van der Waals surface area contributed by atoms with E-state index in [1.807, 2.05) is 18.2 Å². The number of likely N-dealkylation sites (tertiary alicyclic amines) is 1. The summed E-state index contributed by atoms with van der Waals surface area (Å²) in [6.45, 7) is 2.04. The Bertz CT molecular complexity index is 388. The molecule has 0 bridgehead atoms. The molecule has 78 valence electrons. The van der Waals surface area contributed by atoms with Crippen LogP contribution in [0.4, 0.5) is 0 Å². The summed E-state index contributed by atoms with van der Waals surface area (Å²) in [6.07, 6.45) is 0.269. The van der Waals surface area contributed by atoms with E-state index in [0.29, 0.717) is 5.92 Å². The van der Waals surface area contributed by atoms with Crippen LogP contribution in [-0.4, -0.2) is 36.9 Å². The smallest absolute Gasteiger partial charge is 0.149 e. The minimum atomic E-state index is 0.269. The number of oxime groups is 1. The molecule has 1 aromatic carbocycles. The molecule has 0 spiro atoms. The first-order chi connectivity index (χ1) is 7.34. The van der Waals surface area contributed by atoms with Gasteiger partial charge in [0, 0.05) is 13.1 Å². The van der Waals surface area contributed by atoms with Crippen molar-refractivity contribution < 1.29 is 4.84 Å². The van der Waals surface area contributed by atoms with Crippen LogP contribution in [-0.2, 0) is 4.84 Å². The van der Waals surface area contributed by atoms with Crippen LogP contribution in [0, 0.1) is 5.92 Å². The van der Waals surface area contributed by atoms with Crippen molar-refractivity contribution in [1.82, 2.24) is 4.90 Å². The topological polar surface area (TPSA) is 24.8 Å². The molecule has 1 saturated heterocycles. The molecule has 0 aromatic heterocycles. The van der Waals surface area contributed by atoms with Crippen LogP contribution in [0.3, 0.4) is 0 Å². The first-order valence-electron chi connectivity index (χ1n) is 5.32. The molecule has 3 heteroatoms. The van der Waals surface area contributed by atoms with Gasteiger partial charge in [0.05, 0.1) is 11.6 Å². The van der Waals surface area contributed by atoms with Crippen LogP contribution in [0.1, 0.15) is 5.56 Å². The summed E-state index contributed by atoms with van der Waals surface area (Å²) in [7, 11) is 2.13. The highest BCUT2D eigenvalue weighted by molar-refractivity contribution is 6.03. The summed E-state index contributed by atoms with van der Waals surface area (Å²) in [5.41, 5.74) is 2.31. The molecule has 3 nitrogen and oxygen atoms in total. The lowest BCUT2D eigenvalue weighted by Crippen LogP contribution is -2.21. The fourth-order valence-electron chi connectivity index (χ4n) is 2.40. The molecule has 0 radical (unpaired) electrons. The Morgan fingerprint density at radius 1 is 1.27 bits per heavy atom. The monoisotopic (exact) mass is 202 g/mol. The Hall–Kier alpha value is -1.35. The fraction of sp³-hybridized carbons (Fsp3) is 0.417. The first-order valence-corrected chi connectivity index (χ1v) is 5.32. The van der Waals surface area contributed by atoms with Gasteiger partial charge in [-0.05, 0) is 12.6 Å². The van der Waals surface area contributed by atoms with Crippen LogP contribution in [0.15, 0.2) is 35.5 Å². The summed E-state index contributed by atoms with van der Waals surface area (Å²) < 4.78 is 0. The third-order valence-corrected chi connectivity index (χ3v) is 3.16. The van der Waals surface area contributed by atoms with Crippen molar-refractivity contribution in [2.45, 2.75) is 6.10 Å². The zero-order valence-corrected chi connectivity index (χ0v) is 8.76. The lowest BCUT2D eigenvalue weighted by molar-refractivity contribution is 0.0773. The van der Waals surface area contributed by atoms with E-state index in [2.05, 4.69) is 29.2 Å². The number of fused-ring (bicyclic) bond motifs is 1. The highest BCUT2D eigenvalue weighted by Gasteiger charge is 2.41. The Morgan fingerprint density at radius 2 is 2.07 bits per heavy atom. The van der Waals surface area contributed by atoms with Gasteiger partial charge in [-0.1, -0.05) is 35.5 Å². The molecule has 1 aromatic rings. The van der Waals surface area contributed by atoms with Gasteiger partial charge in [-0.2, -0.15) is 0 Å². The molecule has 0 saturated carbocycles. The third-order valence-electron chi connectivity index (χ3n) is 3.16. The van der Waals surface area contributed by atoms with Crippen molar-refractivity contribution in [2.75, 3.05) is 20.1 Å². The molecule has 0 amide bonds. The van der Waals surface area contributed by atoms with E-state index < -0.39 is 0 Å². The van der Waals surface area contributed by atoms with Crippen molar-refractivity contribution in [1.29, 1.82) is 0 Å². The highest BCUT2D eigenvalue weighted by atomic mass is 16.6. The van der Waals surface area contributed by atoms with Gasteiger partial charge in [0.1, 0.15) is 6.10 Å². The van der Waals surface area contributed by atoms with Gasteiger partial charge in [0.2, 0.25) is 0 Å². The first kappa shape index (κ1) is 8.92. The van der Waals surface area contributed by atoms with Gasteiger partial charge in [0.15, 0.2) is 0 Å². The van der Waals surface area contributed by atoms with Crippen molar-refractivity contribution in [3.05, 3.63) is 35.9 Å². The van der Waals surface area contributed by atoms with E-state index in [1.165, 1.54) is 5.56 Å². The molecule has 2 aliphatic heterocycles. The summed E-state index contributed by atoms with van der Waals surface area (Å²) in [5.74, 6) is 0.456. The molecule has 0 N–H and O–H groups in total. The molecular weight excluding hydrogens is 188 g/mol. The Labute approximate surface area is 89.3 Å². The highest BCUT2D eigenvalue weighted by Crippen LogP contribution is 2.28. The zero-order valence-electron chi connectivity index (χ0n) is 8.76. The molecule has 1 fully saturated rings. The van der Waals surface area contributed by atoms with Gasteiger partial charge < -0.3 is 9.74 Å². The maximum atomic E-state index is 5.46. The number of hydrogen-bond acceptors (Lipinski definition) is 3. The van der Waals surface area contributed by atoms with Gasteiger partial charge in [-0.15, -0.1) is 0 Å². The van der Waals surface area contributed by atoms with E-state index in [-0.39, 0.29) is 6.10 Å². The SMILES string of the molecule is CN1CC2ON=C(c3ccccc3)C2C1. The summed E-state index contributed by atoms with van der Waals surface area (Å²) in [4.78, 5) is 7.76. The van der Waals surface area contributed by atoms with Crippen molar-refractivity contribution in [2.24, 2.45) is 11.1 Å². The Morgan fingerprint density at radius 3 is 2.87 bits per heavy atom. The second kappa shape index (κ2) is 3.35. The van der Waals surface area contributed by atoms with Gasteiger partial charge in [-0.3, -0.25) is 0 Å². The maximum Gasteiger partial charge on any atom is 0.149 e. The largest absolute Gasteiger partial charge is 0.390 e. The minimum absolute atomic E-state index is 0.269. The standard InChI is InChI=1S/C12H14N2O/c1-14-7-10-11(8-14)15-13-12(10)9-5-3-2-4-6-9/h2-6,10-11H,7-8H2,1H3. The van der Waals surface area contributed by atoms with Crippen LogP contribution >= 0.6 is 0 Å². The summed E-state index contributed by atoms with van der Waals surface area (Å²) >= 11 is 0. The lowest BCUT2D eigenvalue weighted by atomic mass is 9.95. The van der Waals surface area contributed by atoms with Crippen LogP contribution in [0.5, 0.6) is 0 Å². The summed E-state index contributed by atoms with van der Waals surface area (Å²) in [6, 6.07) is 10.3. The van der Waals surface area contributed by atoms with Crippen LogP contribution in [0.2, 0.25) is 0 Å². The van der Waals surface area contributed by atoms with E-state index in [0.717, 1.165) is 18.8 Å². The normalized spacial score (nSPS) is 29.8. The van der Waals surface area contributed by atoms with Gasteiger partial charge >= 0.3 is 0 Å². The molecule has 2 atom stereocenters. The van der Waals surface area contributed by atoms with Crippen LogP contribution in [0.25, 0.3) is 0 Å². The van der Waals surface area contributed by atoms with E-state index in [1.54, 1.807) is 0 Å².